The molecule has 3 rings (SSSR count). The molecule has 0 radical (unpaired) electrons. The molecule has 25 heavy (non-hydrogen) atoms. The van der Waals surface area contributed by atoms with Crippen molar-refractivity contribution in [3.05, 3.63) is 54.1 Å². The SMILES string of the molecule is CC1(C(=O)Nc2ccc(C(F)(F)F)cc2)Sc2ccccc2NC1=O. The fraction of sp³-hybridized carbons (Fsp3) is 0.176. The number of benzene rings is 2. The third kappa shape index (κ3) is 3.34. The Hall–Kier alpha value is -2.48. The number of hydrogen-bond donors (Lipinski definition) is 2. The Kier molecular flexibility index (Phi) is 4.24. The second kappa shape index (κ2) is 6.11. The minimum absolute atomic E-state index is 0.187. The normalized spacial score (nSPS) is 19.8. The van der Waals surface area contributed by atoms with E-state index in [1.807, 2.05) is 0 Å². The number of para-hydroxylation sites is 1. The lowest BCUT2D eigenvalue weighted by molar-refractivity contribution is -0.137. The number of rotatable bonds is 2. The molecule has 1 unspecified atom stereocenters. The Morgan fingerprint density at radius 2 is 1.76 bits per heavy atom. The lowest BCUT2D eigenvalue weighted by atomic mass is 10.1. The predicted molar refractivity (Wildman–Crippen MR) is 89.4 cm³/mol. The van der Waals surface area contributed by atoms with E-state index < -0.39 is 28.3 Å². The van der Waals surface area contributed by atoms with Crippen molar-refractivity contribution in [1.29, 1.82) is 0 Å². The van der Waals surface area contributed by atoms with Crippen LogP contribution in [0, 0.1) is 0 Å². The number of hydrogen-bond acceptors (Lipinski definition) is 3. The summed E-state index contributed by atoms with van der Waals surface area (Å²) in [6.07, 6.45) is -4.45. The highest BCUT2D eigenvalue weighted by atomic mass is 32.2. The van der Waals surface area contributed by atoms with Gasteiger partial charge in [0.15, 0.2) is 4.75 Å². The molecule has 2 N–H and O–H groups in total. The minimum atomic E-state index is -4.45. The highest BCUT2D eigenvalue weighted by molar-refractivity contribution is 8.02. The molecular weight excluding hydrogens is 353 g/mol. The number of carbonyl (C=O) groups is 2. The lowest BCUT2D eigenvalue weighted by Gasteiger charge is -2.31. The smallest absolute Gasteiger partial charge is 0.324 e. The van der Waals surface area contributed by atoms with E-state index in [9.17, 15) is 22.8 Å². The van der Waals surface area contributed by atoms with Crippen LogP contribution in [0.2, 0.25) is 0 Å². The van der Waals surface area contributed by atoms with Crippen molar-refractivity contribution in [2.75, 3.05) is 10.6 Å². The van der Waals surface area contributed by atoms with Crippen LogP contribution in [0.15, 0.2) is 53.4 Å². The Balaban J connectivity index is 1.80. The molecule has 2 aromatic carbocycles. The van der Waals surface area contributed by atoms with E-state index >= 15 is 0 Å². The highest BCUT2D eigenvalue weighted by Gasteiger charge is 2.45. The molecule has 2 aromatic rings. The van der Waals surface area contributed by atoms with Crippen LogP contribution in [0.25, 0.3) is 0 Å². The maximum absolute atomic E-state index is 12.6. The molecule has 1 heterocycles. The van der Waals surface area contributed by atoms with Gasteiger partial charge in [-0.1, -0.05) is 23.9 Å². The predicted octanol–water partition coefficient (Wildman–Crippen LogP) is 4.15. The quantitative estimate of drug-likeness (QED) is 0.785. The topological polar surface area (TPSA) is 58.2 Å². The molecule has 0 aromatic heterocycles. The van der Waals surface area contributed by atoms with E-state index in [2.05, 4.69) is 10.6 Å². The van der Waals surface area contributed by atoms with Crippen LogP contribution in [0.1, 0.15) is 12.5 Å². The number of halogens is 3. The molecule has 2 amide bonds. The van der Waals surface area contributed by atoms with Crippen LogP contribution < -0.4 is 10.6 Å². The molecule has 1 atom stereocenters. The number of thioether (sulfide) groups is 1. The molecule has 8 heteroatoms. The van der Waals surface area contributed by atoms with Crippen LogP contribution in [0.3, 0.4) is 0 Å². The summed E-state index contributed by atoms with van der Waals surface area (Å²) in [4.78, 5) is 25.7. The zero-order chi connectivity index (χ0) is 18.2. The van der Waals surface area contributed by atoms with Gasteiger partial charge in [-0.05, 0) is 43.3 Å². The Morgan fingerprint density at radius 1 is 1.12 bits per heavy atom. The molecule has 0 fully saturated rings. The summed E-state index contributed by atoms with van der Waals surface area (Å²) in [7, 11) is 0. The Labute approximate surface area is 145 Å². The molecule has 130 valence electrons. The van der Waals surface area contributed by atoms with E-state index in [0.717, 1.165) is 40.9 Å². The second-order valence-corrected chi connectivity index (χ2v) is 7.08. The van der Waals surface area contributed by atoms with Gasteiger partial charge >= 0.3 is 6.18 Å². The van der Waals surface area contributed by atoms with Crippen molar-refractivity contribution < 1.29 is 22.8 Å². The largest absolute Gasteiger partial charge is 0.416 e. The maximum atomic E-state index is 12.6. The van der Waals surface area contributed by atoms with E-state index in [0.29, 0.717) is 5.69 Å². The van der Waals surface area contributed by atoms with Crippen molar-refractivity contribution in [2.45, 2.75) is 22.7 Å². The summed E-state index contributed by atoms with van der Waals surface area (Å²) in [5.41, 5.74) is -0.000730. The van der Waals surface area contributed by atoms with E-state index in [4.69, 9.17) is 0 Å². The minimum Gasteiger partial charge on any atom is -0.324 e. The first-order valence-electron chi connectivity index (χ1n) is 7.28. The van der Waals surface area contributed by atoms with Crippen LogP contribution in [-0.2, 0) is 15.8 Å². The standard InChI is InChI=1S/C17H13F3N2O2S/c1-16(15(24)22-12-4-2-3-5-13(12)25-16)14(23)21-11-8-6-10(7-9-11)17(18,19)20/h2-9H,1H3,(H,21,23)(H,22,24). The van der Waals surface area contributed by atoms with Crippen molar-refractivity contribution in [2.24, 2.45) is 0 Å². The molecule has 1 aliphatic heterocycles. The number of amides is 2. The molecule has 0 spiro atoms. The fourth-order valence-corrected chi connectivity index (χ4v) is 3.41. The van der Waals surface area contributed by atoms with Crippen LogP contribution in [-0.4, -0.2) is 16.6 Å². The first-order valence-corrected chi connectivity index (χ1v) is 8.10. The van der Waals surface area contributed by atoms with Crippen LogP contribution in [0.4, 0.5) is 24.5 Å². The molecule has 0 saturated carbocycles. The fourth-order valence-electron chi connectivity index (χ4n) is 2.31. The van der Waals surface area contributed by atoms with Crippen LogP contribution in [0.5, 0.6) is 0 Å². The maximum Gasteiger partial charge on any atom is 0.416 e. The van der Waals surface area contributed by atoms with E-state index in [-0.39, 0.29) is 5.69 Å². The Morgan fingerprint density at radius 3 is 2.40 bits per heavy atom. The lowest BCUT2D eigenvalue weighted by Crippen LogP contribution is -2.49. The zero-order valence-electron chi connectivity index (χ0n) is 13.0. The third-order valence-corrected chi connectivity index (χ3v) is 5.14. The van der Waals surface area contributed by atoms with Crippen molar-refractivity contribution in [3.8, 4) is 0 Å². The number of fused-ring (bicyclic) bond motifs is 1. The summed E-state index contributed by atoms with van der Waals surface area (Å²) in [6.45, 7) is 1.47. The van der Waals surface area contributed by atoms with Gasteiger partial charge in [0.05, 0.1) is 11.3 Å². The summed E-state index contributed by atoms with van der Waals surface area (Å²) in [5.74, 6) is -1.09. The molecule has 1 aliphatic rings. The highest BCUT2D eigenvalue weighted by Crippen LogP contribution is 2.42. The molecule has 0 bridgehead atoms. The molecular formula is C17H13F3N2O2S. The van der Waals surface area contributed by atoms with Gasteiger partial charge < -0.3 is 10.6 Å². The van der Waals surface area contributed by atoms with Gasteiger partial charge in [-0.3, -0.25) is 9.59 Å². The number of alkyl halides is 3. The van der Waals surface area contributed by atoms with Crippen molar-refractivity contribution in [1.82, 2.24) is 0 Å². The van der Waals surface area contributed by atoms with Gasteiger partial charge in [-0.25, -0.2) is 0 Å². The molecule has 0 saturated heterocycles. The second-order valence-electron chi connectivity index (χ2n) is 5.61. The van der Waals surface area contributed by atoms with Crippen molar-refractivity contribution >= 4 is 35.0 Å². The number of carbonyl (C=O) groups excluding carboxylic acids is 2. The summed E-state index contributed by atoms with van der Waals surface area (Å²) >= 11 is 1.10. The average Bonchev–Trinajstić information content (AvgIpc) is 2.55. The van der Waals surface area contributed by atoms with E-state index in [1.54, 1.807) is 24.3 Å². The Bertz CT molecular complexity index is 837. The molecule has 0 aliphatic carbocycles. The third-order valence-electron chi connectivity index (χ3n) is 3.79. The summed E-state index contributed by atoms with van der Waals surface area (Å²) in [6, 6.07) is 11.1. The van der Waals surface area contributed by atoms with Gasteiger partial charge in [-0.15, -0.1) is 0 Å². The van der Waals surface area contributed by atoms with Gasteiger partial charge in [0.25, 0.3) is 0 Å². The molecule has 4 nitrogen and oxygen atoms in total. The summed E-state index contributed by atoms with van der Waals surface area (Å²) in [5, 5.41) is 5.18. The number of anilines is 2. The van der Waals surface area contributed by atoms with Crippen LogP contribution >= 0.6 is 11.8 Å². The number of nitrogens with one attached hydrogen (secondary N) is 2. The first kappa shape index (κ1) is 17.3. The summed E-state index contributed by atoms with van der Waals surface area (Å²) < 4.78 is 36.3. The monoisotopic (exact) mass is 366 g/mol. The van der Waals surface area contributed by atoms with Gasteiger partial charge in [0.2, 0.25) is 11.8 Å². The van der Waals surface area contributed by atoms with Gasteiger partial charge in [0.1, 0.15) is 0 Å². The zero-order valence-corrected chi connectivity index (χ0v) is 13.8. The van der Waals surface area contributed by atoms with Gasteiger partial charge in [-0.2, -0.15) is 13.2 Å². The van der Waals surface area contributed by atoms with Gasteiger partial charge in [0, 0.05) is 10.6 Å². The van der Waals surface area contributed by atoms with Crippen molar-refractivity contribution in [3.63, 3.8) is 0 Å². The van der Waals surface area contributed by atoms with E-state index in [1.165, 1.54) is 6.92 Å². The first-order chi connectivity index (χ1) is 11.7. The average molecular weight is 366 g/mol.